The summed E-state index contributed by atoms with van der Waals surface area (Å²) in [5, 5.41) is 1.95. The van der Waals surface area contributed by atoms with E-state index in [1.165, 1.54) is 11.3 Å². The minimum atomic E-state index is 0.0590. The largest absolute Gasteiger partial charge is 0.324 e. The van der Waals surface area contributed by atoms with E-state index in [2.05, 4.69) is 0 Å². The van der Waals surface area contributed by atoms with Crippen LogP contribution in [-0.2, 0) is 0 Å². The van der Waals surface area contributed by atoms with Crippen LogP contribution in [0, 0.1) is 0 Å². The summed E-state index contributed by atoms with van der Waals surface area (Å²) in [4.78, 5) is 0. The van der Waals surface area contributed by atoms with Crippen molar-refractivity contribution < 1.29 is 0 Å². The molecule has 50 valence electrons. The van der Waals surface area contributed by atoms with E-state index in [1.807, 2.05) is 18.4 Å². The van der Waals surface area contributed by atoms with Crippen molar-refractivity contribution in [3.05, 3.63) is 21.3 Å². The van der Waals surface area contributed by atoms with Crippen molar-refractivity contribution in [3.63, 3.8) is 0 Å². The van der Waals surface area contributed by atoms with Crippen molar-refractivity contribution in [2.24, 2.45) is 5.73 Å². The third kappa shape index (κ3) is 1.45. The predicted molar refractivity (Wildman–Crippen MR) is 41.9 cm³/mol. The molecule has 0 aromatic carbocycles. The van der Waals surface area contributed by atoms with Gasteiger partial charge in [0.15, 0.2) is 0 Å². The van der Waals surface area contributed by atoms with Gasteiger partial charge in [-0.1, -0.05) is 11.6 Å². The van der Waals surface area contributed by atoms with Crippen LogP contribution >= 0.6 is 22.9 Å². The molecule has 0 radical (unpaired) electrons. The Kier molecular flexibility index (Phi) is 2.11. The number of thiophene rings is 1. The zero-order valence-corrected chi connectivity index (χ0v) is 6.67. The van der Waals surface area contributed by atoms with Gasteiger partial charge in [0.05, 0.1) is 4.34 Å². The number of hydrogen-bond donors (Lipinski definition) is 1. The summed E-state index contributed by atoms with van der Waals surface area (Å²) in [6.07, 6.45) is 0. The van der Waals surface area contributed by atoms with Crippen molar-refractivity contribution in [2.75, 3.05) is 0 Å². The van der Waals surface area contributed by atoms with E-state index in [1.54, 1.807) is 0 Å². The second-order valence-corrected chi connectivity index (χ2v) is 3.46. The molecule has 1 aromatic rings. The Hall–Kier alpha value is -0.0500. The van der Waals surface area contributed by atoms with Crippen molar-refractivity contribution >= 4 is 22.9 Å². The number of hydrogen-bond acceptors (Lipinski definition) is 2. The van der Waals surface area contributed by atoms with Crippen molar-refractivity contribution in [1.29, 1.82) is 0 Å². The van der Waals surface area contributed by atoms with Gasteiger partial charge in [-0.05, 0) is 23.9 Å². The summed E-state index contributed by atoms with van der Waals surface area (Å²) in [6.45, 7) is 1.92. The Morgan fingerprint density at radius 3 is 2.67 bits per heavy atom. The van der Waals surface area contributed by atoms with Crippen LogP contribution in [0.4, 0.5) is 0 Å². The molecule has 0 unspecified atom stereocenters. The standard InChI is InChI=1S/C6H8ClNS/c1-4(8)5-2-3-9-6(5)7/h2-4H,8H2,1H3/t4-/m0/s1. The van der Waals surface area contributed by atoms with Crippen LogP contribution in [0.2, 0.25) is 4.34 Å². The summed E-state index contributed by atoms with van der Waals surface area (Å²) >= 11 is 7.29. The van der Waals surface area contributed by atoms with Gasteiger partial charge in [0, 0.05) is 6.04 Å². The topological polar surface area (TPSA) is 26.0 Å². The van der Waals surface area contributed by atoms with Gasteiger partial charge in [0.25, 0.3) is 0 Å². The van der Waals surface area contributed by atoms with Gasteiger partial charge in [-0.15, -0.1) is 11.3 Å². The smallest absolute Gasteiger partial charge is 0.0975 e. The number of nitrogens with two attached hydrogens (primary N) is 1. The van der Waals surface area contributed by atoms with Crippen molar-refractivity contribution in [2.45, 2.75) is 13.0 Å². The maximum absolute atomic E-state index is 5.77. The first-order valence-corrected chi connectivity index (χ1v) is 3.96. The minimum Gasteiger partial charge on any atom is -0.324 e. The highest BCUT2D eigenvalue weighted by molar-refractivity contribution is 7.14. The van der Waals surface area contributed by atoms with Gasteiger partial charge in [-0.25, -0.2) is 0 Å². The molecule has 1 atom stereocenters. The average Bonchev–Trinajstić information content (AvgIpc) is 2.13. The second-order valence-electron chi connectivity index (χ2n) is 1.94. The van der Waals surface area contributed by atoms with Gasteiger partial charge >= 0.3 is 0 Å². The van der Waals surface area contributed by atoms with Crippen molar-refractivity contribution in [3.8, 4) is 0 Å². The Labute approximate surface area is 63.4 Å². The van der Waals surface area contributed by atoms with Gasteiger partial charge in [-0.3, -0.25) is 0 Å². The normalized spacial score (nSPS) is 13.7. The molecule has 0 aliphatic carbocycles. The molecule has 2 N–H and O–H groups in total. The van der Waals surface area contributed by atoms with E-state index in [9.17, 15) is 0 Å². The maximum Gasteiger partial charge on any atom is 0.0975 e. The zero-order chi connectivity index (χ0) is 6.85. The fourth-order valence-corrected chi connectivity index (χ4v) is 1.74. The lowest BCUT2D eigenvalue weighted by molar-refractivity contribution is 0.823. The quantitative estimate of drug-likeness (QED) is 0.673. The van der Waals surface area contributed by atoms with Crippen LogP contribution < -0.4 is 5.73 Å². The van der Waals surface area contributed by atoms with Crippen LogP contribution in [0.15, 0.2) is 11.4 Å². The van der Waals surface area contributed by atoms with Gasteiger partial charge in [0.1, 0.15) is 0 Å². The first kappa shape index (κ1) is 7.06. The van der Waals surface area contributed by atoms with Crippen LogP contribution in [0.3, 0.4) is 0 Å². The van der Waals surface area contributed by atoms with Crippen LogP contribution in [0.5, 0.6) is 0 Å². The molecule has 1 aromatic heterocycles. The second kappa shape index (κ2) is 2.69. The van der Waals surface area contributed by atoms with Crippen LogP contribution in [-0.4, -0.2) is 0 Å². The Morgan fingerprint density at radius 2 is 2.44 bits per heavy atom. The fourth-order valence-electron chi connectivity index (χ4n) is 0.631. The average molecular weight is 162 g/mol. The zero-order valence-electron chi connectivity index (χ0n) is 5.10. The lowest BCUT2D eigenvalue weighted by Gasteiger charge is -1.99. The summed E-state index contributed by atoms with van der Waals surface area (Å²) in [6, 6.07) is 2.02. The van der Waals surface area contributed by atoms with Gasteiger partial charge in [0.2, 0.25) is 0 Å². The highest BCUT2D eigenvalue weighted by Crippen LogP contribution is 2.26. The van der Waals surface area contributed by atoms with E-state index in [0.29, 0.717) is 0 Å². The summed E-state index contributed by atoms with van der Waals surface area (Å²) < 4.78 is 0.810. The molecule has 0 amide bonds. The summed E-state index contributed by atoms with van der Waals surface area (Å²) in [5.41, 5.74) is 6.62. The molecular weight excluding hydrogens is 154 g/mol. The van der Waals surface area contributed by atoms with Gasteiger partial charge in [-0.2, -0.15) is 0 Å². The summed E-state index contributed by atoms with van der Waals surface area (Å²) in [7, 11) is 0. The molecule has 1 nitrogen and oxygen atoms in total. The third-order valence-electron chi connectivity index (χ3n) is 1.14. The predicted octanol–water partition coefficient (Wildman–Crippen LogP) is 2.42. The molecule has 9 heavy (non-hydrogen) atoms. The molecule has 3 heteroatoms. The number of rotatable bonds is 1. The maximum atomic E-state index is 5.77. The van der Waals surface area contributed by atoms with E-state index < -0.39 is 0 Å². The lowest BCUT2D eigenvalue weighted by Crippen LogP contribution is -2.03. The molecule has 0 bridgehead atoms. The lowest BCUT2D eigenvalue weighted by atomic mass is 10.2. The number of halogens is 1. The molecule has 0 aliphatic rings. The van der Waals surface area contributed by atoms with E-state index >= 15 is 0 Å². The summed E-state index contributed by atoms with van der Waals surface area (Å²) in [5.74, 6) is 0. The molecule has 0 spiro atoms. The van der Waals surface area contributed by atoms with E-state index in [4.69, 9.17) is 17.3 Å². The first-order chi connectivity index (χ1) is 4.22. The molecule has 0 fully saturated rings. The fraction of sp³-hybridized carbons (Fsp3) is 0.333. The molecular formula is C6H8ClNS. The molecule has 1 heterocycles. The van der Waals surface area contributed by atoms with Gasteiger partial charge < -0.3 is 5.73 Å². The van der Waals surface area contributed by atoms with Crippen LogP contribution in [0.1, 0.15) is 18.5 Å². The van der Waals surface area contributed by atoms with E-state index in [-0.39, 0.29) is 6.04 Å². The Balaban J connectivity index is 2.94. The Morgan fingerprint density at radius 1 is 1.78 bits per heavy atom. The monoisotopic (exact) mass is 161 g/mol. The van der Waals surface area contributed by atoms with E-state index in [0.717, 1.165) is 9.90 Å². The molecule has 0 saturated carbocycles. The highest BCUT2D eigenvalue weighted by Gasteiger charge is 2.04. The molecule has 1 rings (SSSR count). The SMILES string of the molecule is C[C@H](N)c1ccsc1Cl. The molecule has 0 saturated heterocycles. The highest BCUT2D eigenvalue weighted by atomic mass is 35.5. The van der Waals surface area contributed by atoms with Crippen LogP contribution in [0.25, 0.3) is 0 Å². The third-order valence-corrected chi connectivity index (χ3v) is 2.34. The first-order valence-electron chi connectivity index (χ1n) is 2.70. The minimum absolute atomic E-state index is 0.0590. The Bertz CT molecular complexity index is 195. The van der Waals surface area contributed by atoms with Crippen molar-refractivity contribution in [1.82, 2.24) is 0 Å². The molecule has 0 aliphatic heterocycles.